The zero-order chi connectivity index (χ0) is 9.47. The number of carboxylic acids is 1. The molecular weight excluding hydrogens is 170 g/mol. The molecule has 1 aliphatic carbocycles. The number of aliphatic carboxylic acids is 1. The van der Waals surface area contributed by atoms with E-state index in [0.717, 1.165) is 12.8 Å². The van der Waals surface area contributed by atoms with Crippen molar-refractivity contribution in [2.45, 2.75) is 25.3 Å². The monoisotopic (exact) mass is 181 g/mol. The Bertz CT molecular complexity index is 318. The quantitative estimate of drug-likeness (QED) is 0.736. The van der Waals surface area contributed by atoms with Gasteiger partial charge in [-0.1, -0.05) is 0 Å². The molecule has 1 saturated carbocycles. The van der Waals surface area contributed by atoms with Crippen LogP contribution in [0.2, 0.25) is 0 Å². The van der Waals surface area contributed by atoms with E-state index in [1.807, 2.05) is 0 Å². The van der Waals surface area contributed by atoms with Gasteiger partial charge in [-0.3, -0.25) is 0 Å². The number of rotatable bonds is 3. The van der Waals surface area contributed by atoms with Crippen molar-refractivity contribution in [3.63, 3.8) is 0 Å². The highest BCUT2D eigenvalue weighted by atomic mass is 16.4. The van der Waals surface area contributed by atoms with Gasteiger partial charge in [-0.2, -0.15) is 5.10 Å². The van der Waals surface area contributed by atoms with Gasteiger partial charge in [0.25, 0.3) is 0 Å². The molecule has 2 rings (SSSR count). The summed E-state index contributed by atoms with van der Waals surface area (Å²) in [4.78, 5) is 14.9. The molecule has 70 valence electrons. The summed E-state index contributed by atoms with van der Waals surface area (Å²) in [6.07, 6.45) is 4.75. The molecule has 1 aromatic rings. The lowest BCUT2D eigenvalue weighted by Crippen LogP contribution is -2.41. The maximum Gasteiger partial charge on any atom is 0.331 e. The van der Waals surface area contributed by atoms with Gasteiger partial charge < -0.3 is 5.11 Å². The first-order valence-electron chi connectivity index (χ1n) is 4.24. The van der Waals surface area contributed by atoms with Gasteiger partial charge in [0, 0.05) is 0 Å². The van der Waals surface area contributed by atoms with Crippen LogP contribution in [-0.4, -0.2) is 25.8 Å². The Morgan fingerprint density at radius 3 is 2.77 bits per heavy atom. The molecule has 1 N–H and O–H groups in total. The predicted molar refractivity (Wildman–Crippen MR) is 44.0 cm³/mol. The summed E-state index contributed by atoms with van der Waals surface area (Å²) in [5.74, 6) is -0.632. The predicted octanol–water partition coefficient (Wildman–Crippen LogP) is 0.488. The molecule has 1 unspecified atom stereocenters. The average Bonchev–Trinajstić information content (AvgIpc) is 2.80. The van der Waals surface area contributed by atoms with Crippen LogP contribution in [0.5, 0.6) is 0 Å². The highest BCUT2D eigenvalue weighted by molar-refractivity contribution is 5.77. The number of aromatic nitrogens is 3. The molecule has 0 radical (unpaired) electrons. The fraction of sp³-hybridized carbons (Fsp3) is 0.625. The lowest BCUT2D eigenvalue weighted by atomic mass is 9.96. The zero-order valence-corrected chi connectivity index (χ0v) is 7.34. The van der Waals surface area contributed by atoms with Gasteiger partial charge in [0.05, 0.1) is 0 Å². The highest BCUT2D eigenvalue weighted by Crippen LogP contribution is 2.43. The van der Waals surface area contributed by atoms with Crippen LogP contribution in [0, 0.1) is 5.92 Å². The smallest absolute Gasteiger partial charge is 0.331 e. The third-order valence-electron chi connectivity index (χ3n) is 2.70. The van der Waals surface area contributed by atoms with Crippen molar-refractivity contribution >= 4 is 5.97 Å². The summed E-state index contributed by atoms with van der Waals surface area (Å²) in [7, 11) is 0. The molecule has 0 aliphatic heterocycles. The highest BCUT2D eigenvalue weighted by Gasteiger charge is 2.49. The van der Waals surface area contributed by atoms with Crippen LogP contribution < -0.4 is 0 Å². The van der Waals surface area contributed by atoms with Crippen LogP contribution >= 0.6 is 0 Å². The van der Waals surface area contributed by atoms with Crippen molar-refractivity contribution < 1.29 is 9.90 Å². The van der Waals surface area contributed by atoms with Gasteiger partial charge in [0.2, 0.25) is 0 Å². The number of hydrogen-bond donors (Lipinski definition) is 1. The van der Waals surface area contributed by atoms with Crippen LogP contribution in [-0.2, 0) is 10.3 Å². The van der Waals surface area contributed by atoms with Crippen LogP contribution in [0.25, 0.3) is 0 Å². The molecule has 5 nitrogen and oxygen atoms in total. The topological polar surface area (TPSA) is 68.0 Å². The summed E-state index contributed by atoms with van der Waals surface area (Å²) in [6.45, 7) is 1.70. The van der Waals surface area contributed by atoms with Crippen LogP contribution in [0.15, 0.2) is 12.7 Å². The zero-order valence-electron chi connectivity index (χ0n) is 7.34. The number of carbonyl (C=O) groups is 1. The largest absolute Gasteiger partial charge is 0.479 e. The fourth-order valence-electron chi connectivity index (χ4n) is 1.55. The van der Waals surface area contributed by atoms with Crippen molar-refractivity contribution in [1.82, 2.24) is 14.8 Å². The Hall–Kier alpha value is -1.39. The van der Waals surface area contributed by atoms with E-state index in [4.69, 9.17) is 5.11 Å². The maximum atomic E-state index is 11.1. The molecule has 1 aliphatic rings. The van der Waals surface area contributed by atoms with Crippen molar-refractivity contribution in [2.75, 3.05) is 0 Å². The van der Waals surface area contributed by atoms with E-state index >= 15 is 0 Å². The van der Waals surface area contributed by atoms with Gasteiger partial charge in [0.15, 0.2) is 5.54 Å². The summed E-state index contributed by atoms with van der Waals surface area (Å²) in [6, 6.07) is 0. The second-order valence-corrected chi connectivity index (χ2v) is 3.57. The van der Waals surface area contributed by atoms with Crippen LogP contribution in [0.1, 0.15) is 19.8 Å². The van der Waals surface area contributed by atoms with E-state index in [0.29, 0.717) is 0 Å². The number of hydrogen-bond acceptors (Lipinski definition) is 3. The minimum Gasteiger partial charge on any atom is -0.479 e. The third kappa shape index (κ3) is 1.11. The van der Waals surface area contributed by atoms with E-state index in [1.165, 1.54) is 17.3 Å². The number of carboxylic acid groups (broad SMARTS) is 1. The van der Waals surface area contributed by atoms with Crippen molar-refractivity contribution in [1.29, 1.82) is 0 Å². The Balaban J connectivity index is 2.38. The first-order valence-corrected chi connectivity index (χ1v) is 4.24. The molecule has 0 bridgehead atoms. The molecule has 13 heavy (non-hydrogen) atoms. The minimum absolute atomic E-state index is 0.201. The SMILES string of the molecule is CC(C(=O)O)(C1CC1)n1cncn1. The summed E-state index contributed by atoms with van der Waals surface area (Å²) in [5, 5.41) is 13.0. The van der Waals surface area contributed by atoms with Gasteiger partial charge in [-0.25, -0.2) is 14.5 Å². The van der Waals surface area contributed by atoms with Crippen molar-refractivity contribution in [2.24, 2.45) is 5.92 Å². The molecule has 0 saturated heterocycles. The second-order valence-electron chi connectivity index (χ2n) is 3.57. The van der Waals surface area contributed by atoms with Crippen molar-refractivity contribution in [3.05, 3.63) is 12.7 Å². The van der Waals surface area contributed by atoms with E-state index in [-0.39, 0.29) is 5.92 Å². The maximum absolute atomic E-state index is 11.1. The molecular formula is C8H11N3O2. The average molecular weight is 181 g/mol. The van der Waals surface area contributed by atoms with Crippen LogP contribution in [0.3, 0.4) is 0 Å². The molecule has 1 aromatic heterocycles. The standard InChI is InChI=1S/C8H11N3O2/c1-8(7(12)13,6-2-3-6)11-5-9-4-10-11/h4-6H,2-3H2,1H3,(H,12,13). The van der Waals surface area contributed by atoms with Gasteiger partial charge in [-0.15, -0.1) is 0 Å². The third-order valence-corrected chi connectivity index (χ3v) is 2.70. The summed E-state index contributed by atoms with van der Waals surface area (Å²) >= 11 is 0. The lowest BCUT2D eigenvalue weighted by molar-refractivity contribution is -0.148. The van der Waals surface area contributed by atoms with Gasteiger partial charge >= 0.3 is 5.97 Å². The molecule has 1 heterocycles. The molecule has 0 spiro atoms. The van der Waals surface area contributed by atoms with E-state index in [2.05, 4.69) is 10.1 Å². The molecule has 1 atom stereocenters. The number of nitrogens with zero attached hydrogens (tertiary/aromatic N) is 3. The van der Waals surface area contributed by atoms with E-state index < -0.39 is 11.5 Å². The van der Waals surface area contributed by atoms with E-state index in [1.54, 1.807) is 6.92 Å². The Labute approximate surface area is 75.4 Å². The van der Waals surface area contributed by atoms with E-state index in [9.17, 15) is 4.79 Å². The Morgan fingerprint density at radius 2 is 2.38 bits per heavy atom. The minimum atomic E-state index is -0.906. The second kappa shape index (κ2) is 2.55. The molecule has 1 fully saturated rings. The Kier molecular flexibility index (Phi) is 1.61. The first-order chi connectivity index (χ1) is 6.15. The Morgan fingerprint density at radius 1 is 1.69 bits per heavy atom. The molecule has 0 aromatic carbocycles. The van der Waals surface area contributed by atoms with Crippen LogP contribution in [0.4, 0.5) is 0 Å². The lowest BCUT2D eigenvalue weighted by Gasteiger charge is -2.24. The summed E-state index contributed by atoms with van der Waals surface area (Å²) < 4.78 is 1.44. The summed E-state index contributed by atoms with van der Waals surface area (Å²) in [5.41, 5.74) is -0.906. The van der Waals surface area contributed by atoms with Crippen molar-refractivity contribution in [3.8, 4) is 0 Å². The van der Waals surface area contributed by atoms with Gasteiger partial charge in [0.1, 0.15) is 12.7 Å². The fourth-order valence-corrected chi connectivity index (χ4v) is 1.55. The molecule has 5 heteroatoms. The molecule has 0 amide bonds. The van der Waals surface area contributed by atoms with Gasteiger partial charge in [-0.05, 0) is 25.7 Å². The first kappa shape index (κ1) is 8.22. The normalized spacial score (nSPS) is 21.0.